The molecular formula is C17H17FN4OS. The molecule has 0 spiro atoms. The summed E-state index contributed by atoms with van der Waals surface area (Å²) in [7, 11) is 0. The van der Waals surface area contributed by atoms with Crippen molar-refractivity contribution in [3.63, 3.8) is 0 Å². The molecule has 0 radical (unpaired) electrons. The van der Waals surface area contributed by atoms with Crippen LogP contribution in [0.3, 0.4) is 0 Å². The average Bonchev–Trinajstić information content (AvgIpc) is 3.22. The van der Waals surface area contributed by atoms with E-state index in [4.69, 9.17) is 0 Å². The summed E-state index contributed by atoms with van der Waals surface area (Å²) in [4.78, 5) is 12.8. The van der Waals surface area contributed by atoms with Crippen LogP contribution < -0.4 is 5.32 Å². The van der Waals surface area contributed by atoms with Gasteiger partial charge in [-0.15, -0.1) is 5.10 Å². The lowest BCUT2D eigenvalue weighted by Crippen LogP contribution is -2.31. The van der Waals surface area contributed by atoms with E-state index < -0.39 is 0 Å². The number of benzene rings is 1. The fourth-order valence-electron chi connectivity index (χ4n) is 2.54. The van der Waals surface area contributed by atoms with Gasteiger partial charge in [0.15, 0.2) is 0 Å². The first-order valence-corrected chi connectivity index (χ1v) is 8.35. The van der Waals surface area contributed by atoms with E-state index in [2.05, 4.69) is 14.9 Å². The molecule has 7 heteroatoms. The zero-order chi connectivity index (χ0) is 16.9. The van der Waals surface area contributed by atoms with E-state index in [9.17, 15) is 9.18 Å². The third-order valence-corrected chi connectivity index (χ3v) is 4.59. The van der Waals surface area contributed by atoms with Crippen LogP contribution in [0.25, 0.3) is 0 Å². The number of nitrogens with zero attached hydrogens (tertiary/aromatic N) is 3. The average molecular weight is 344 g/mol. The van der Waals surface area contributed by atoms with Gasteiger partial charge in [-0.3, -0.25) is 4.79 Å². The van der Waals surface area contributed by atoms with E-state index in [1.54, 1.807) is 13.0 Å². The van der Waals surface area contributed by atoms with Crippen LogP contribution in [-0.2, 0) is 6.42 Å². The molecule has 1 amide bonds. The van der Waals surface area contributed by atoms with Crippen molar-refractivity contribution in [1.29, 1.82) is 0 Å². The molecule has 2 aromatic heterocycles. The van der Waals surface area contributed by atoms with Crippen molar-refractivity contribution < 1.29 is 9.18 Å². The Morgan fingerprint density at radius 3 is 2.79 bits per heavy atom. The van der Waals surface area contributed by atoms with E-state index in [0.29, 0.717) is 23.5 Å². The van der Waals surface area contributed by atoms with Crippen LogP contribution >= 0.6 is 11.5 Å². The van der Waals surface area contributed by atoms with E-state index in [1.807, 2.05) is 35.2 Å². The van der Waals surface area contributed by atoms with Crippen molar-refractivity contribution >= 4 is 17.4 Å². The molecule has 0 bridgehead atoms. The van der Waals surface area contributed by atoms with E-state index in [0.717, 1.165) is 17.1 Å². The van der Waals surface area contributed by atoms with Gasteiger partial charge in [-0.2, -0.15) is 0 Å². The topological polar surface area (TPSA) is 59.8 Å². The number of hydrogen-bond donors (Lipinski definition) is 1. The number of amides is 1. The Morgan fingerprint density at radius 1 is 1.33 bits per heavy atom. The Labute approximate surface area is 143 Å². The van der Waals surface area contributed by atoms with Crippen molar-refractivity contribution in [2.75, 3.05) is 6.54 Å². The number of hydrogen-bond acceptors (Lipinski definition) is 4. The third kappa shape index (κ3) is 3.86. The molecule has 0 aliphatic rings. The van der Waals surface area contributed by atoms with Crippen molar-refractivity contribution in [1.82, 2.24) is 19.5 Å². The van der Waals surface area contributed by atoms with Gasteiger partial charge in [0.1, 0.15) is 10.7 Å². The molecule has 3 rings (SSSR count). The van der Waals surface area contributed by atoms with Gasteiger partial charge >= 0.3 is 0 Å². The largest absolute Gasteiger partial charge is 0.349 e. The number of carbonyl (C=O) groups is 1. The van der Waals surface area contributed by atoms with E-state index >= 15 is 0 Å². The smallest absolute Gasteiger partial charge is 0.265 e. The van der Waals surface area contributed by atoms with E-state index in [-0.39, 0.29) is 17.8 Å². The lowest BCUT2D eigenvalue weighted by Gasteiger charge is -2.20. The second-order valence-electron chi connectivity index (χ2n) is 5.52. The number of carbonyl (C=O) groups excluding carboxylic acids is 1. The molecule has 2 heterocycles. The Hall–Kier alpha value is -2.54. The Bertz CT molecular complexity index is 816. The number of rotatable bonds is 6. The SMILES string of the molecule is Cc1nnsc1C(=O)NC[C@H](Cc1cccc(F)c1)n1cccc1. The minimum absolute atomic E-state index is 0.00747. The summed E-state index contributed by atoms with van der Waals surface area (Å²) >= 11 is 1.08. The maximum absolute atomic E-state index is 13.4. The van der Waals surface area contributed by atoms with Crippen LogP contribution in [0.1, 0.15) is 27.0 Å². The summed E-state index contributed by atoms with van der Waals surface area (Å²) in [5, 5.41) is 6.78. The minimum Gasteiger partial charge on any atom is -0.349 e. The monoisotopic (exact) mass is 344 g/mol. The predicted octanol–water partition coefficient (Wildman–Crippen LogP) is 3.00. The zero-order valence-corrected chi connectivity index (χ0v) is 14.0. The van der Waals surface area contributed by atoms with Crippen LogP contribution in [0.15, 0.2) is 48.8 Å². The van der Waals surface area contributed by atoms with Crippen molar-refractivity contribution in [2.24, 2.45) is 0 Å². The maximum Gasteiger partial charge on any atom is 0.265 e. The first-order valence-electron chi connectivity index (χ1n) is 7.57. The van der Waals surface area contributed by atoms with Crippen LogP contribution in [0.4, 0.5) is 4.39 Å². The summed E-state index contributed by atoms with van der Waals surface area (Å²) < 4.78 is 19.2. The standard InChI is InChI=1S/C17H17FN4OS/c1-12-16(24-21-20-12)17(23)19-11-15(22-7-2-3-8-22)10-13-5-4-6-14(18)9-13/h2-9,15H,10-11H2,1H3,(H,19,23)/t15-/m0/s1. The highest BCUT2D eigenvalue weighted by Crippen LogP contribution is 2.16. The van der Waals surface area contributed by atoms with E-state index in [1.165, 1.54) is 12.1 Å². The van der Waals surface area contributed by atoms with Crippen LogP contribution in [0, 0.1) is 12.7 Å². The molecule has 0 fully saturated rings. The fourth-order valence-corrected chi connectivity index (χ4v) is 3.11. The number of halogens is 1. The molecule has 5 nitrogen and oxygen atoms in total. The van der Waals surface area contributed by atoms with Crippen molar-refractivity contribution in [3.8, 4) is 0 Å². The summed E-state index contributed by atoms with van der Waals surface area (Å²) in [6.07, 6.45) is 4.50. The maximum atomic E-state index is 13.4. The van der Waals surface area contributed by atoms with Crippen molar-refractivity contribution in [3.05, 3.63) is 70.7 Å². The number of aryl methyl sites for hydroxylation is 1. The molecule has 0 unspecified atom stereocenters. The molecular weight excluding hydrogens is 327 g/mol. The first-order chi connectivity index (χ1) is 11.6. The fraction of sp³-hybridized carbons (Fsp3) is 0.235. The molecule has 1 atom stereocenters. The quantitative estimate of drug-likeness (QED) is 0.748. The van der Waals surface area contributed by atoms with Gasteiger partial charge in [0.05, 0.1) is 11.7 Å². The third-order valence-electron chi connectivity index (χ3n) is 3.77. The van der Waals surface area contributed by atoms with Crippen LogP contribution in [0.2, 0.25) is 0 Å². The van der Waals surface area contributed by atoms with Gasteiger partial charge < -0.3 is 9.88 Å². The highest BCUT2D eigenvalue weighted by molar-refractivity contribution is 7.07. The molecule has 124 valence electrons. The van der Waals surface area contributed by atoms with Gasteiger partial charge in [0.2, 0.25) is 0 Å². The highest BCUT2D eigenvalue weighted by atomic mass is 32.1. The minimum atomic E-state index is -0.255. The van der Waals surface area contributed by atoms with Gasteiger partial charge in [-0.05, 0) is 54.7 Å². The molecule has 1 aromatic carbocycles. The molecule has 0 aliphatic carbocycles. The second-order valence-corrected chi connectivity index (χ2v) is 6.27. The summed E-state index contributed by atoms with van der Waals surface area (Å²) in [6, 6.07) is 10.4. The molecule has 1 N–H and O–H groups in total. The van der Waals surface area contributed by atoms with Gasteiger partial charge in [0, 0.05) is 18.9 Å². The van der Waals surface area contributed by atoms with Crippen molar-refractivity contribution in [2.45, 2.75) is 19.4 Å². The molecule has 0 aliphatic heterocycles. The molecule has 3 aromatic rings. The molecule has 0 saturated heterocycles. The Kier molecular flexibility index (Phi) is 5.00. The summed E-state index contributed by atoms with van der Waals surface area (Å²) in [6.45, 7) is 2.19. The Balaban J connectivity index is 1.71. The second kappa shape index (κ2) is 7.35. The lowest BCUT2D eigenvalue weighted by molar-refractivity contribution is 0.0951. The number of aromatic nitrogens is 3. The zero-order valence-electron chi connectivity index (χ0n) is 13.1. The van der Waals surface area contributed by atoms with Gasteiger partial charge in [0.25, 0.3) is 5.91 Å². The van der Waals surface area contributed by atoms with Gasteiger partial charge in [-0.25, -0.2) is 4.39 Å². The number of nitrogens with one attached hydrogen (secondary N) is 1. The summed E-state index contributed by atoms with van der Waals surface area (Å²) in [5.41, 5.74) is 1.51. The highest BCUT2D eigenvalue weighted by Gasteiger charge is 2.17. The van der Waals surface area contributed by atoms with Gasteiger partial charge in [-0.1, -0.05) is 16.6 Å². The molecule has 0 saturated carbocycles. The van der Waals surface area contributed by atoms with Crippen LogP contribution in [0.5, 0.6) is 0 Å². The lowest BCUT2D eigenvalue weighted by atomic mass is 10.1. The van der Waals surface area contributed by atoms with Crippen LogP contribution in [-0.4, -0.2) is 26.6 Å². The predicted molar refractivity (Wildman–Crippen MR) is 90.6 cm³/mol. The summed E-state index contributed by atoms with van der Waals surface area (Å²) in [5.74, 6) is -0.437. The molecule has 24 heavy (non-hydrogen) atoms. The first kappa shape index (κ1) is 16.3. The normalized spacial score (nSPS) is 12.1. The Morgan fingerprint density at radius 2 is 2.12 bits per heavy atom.